The number of fused-ring (bicyclic) bond motifs is 1. The molecule has 0 bridgehead atoms. The highest BCUT2D eigenvalue weighted by molar-refractivity contribution is 5.38. The van der Waals surface area contributed by atoms with Crippen molar-refractivity contribution in [2.24, 2.45) is 0 Å². The summed E-state index contributed by atoms with van der Waals surface area (Å²) in [5, 5.41) is 13.1. The third-order valence-corrected chi connectivity index (χ3v) is 3.68. The third kappa shape index (κ3) is 3.95. The summed E-state index contributed by atoms with van der Waals surface area (Å²) in [6.45, 7) is 5.95. The highest BCUT2D eigenvalue weighted by Gasteiger charge is 2.21. The molecule has 20 heavy (non-hydrogen) atoms. The van der Waals surface area contributed by atoms with Crippen LogP contribution in [0.2, 0.25) is 0 Å². The lowest BCUT2D eigenvalue weighted by Crippen LogP contribution is -2.35. The Morgan fingerprint density at radius 3 is 2.75 bits per heavy atom. The molecule has 1 unspecified atom stereocenters. The van der Waals surface area contributed by atoms with Crippen LogP contribution in [0, 0.1) is 0 Å². The summed E-state index contributed by atoms with van der Waals surface area (Å²) in [5.41, 5.74) is 2.54. The molecule has 0 spiro atoms. The maximum Gasteiger partial charge on any atom is 0.169 e. The Labute approximate surface area is 121 Å². The van der Waals surface area contributed by atoms with E-state index in [2.05, 4.69) is 5.32 Å². The van der Waals surface area contributed by atoms with Crippen molar-refractivity contribution in [1.29, 1.82) is 0 Å². The molecule has 0 radical (unpaired) electrons. The van der Waals surface area contributed by atoms with E-state index in [1.54, 1.807) is 6.07 Å². The monoisotopic (exact) mass is 279 g/mol. The van der Waals surface area contributed by atoms with Gasteiger partial charge in [0.05, 0.1) is 0 Å². The van der Waals surface area contributed by atoms with E-state index in [1.165, 1.54) is 11.1 Å². The minimum atomic E-state index is -0.188. The largest absolute Gasteiger partial charge is 0.508 e. The van der Waals surface area contributed by atoms with Crippen molar-refractivity contribution < 1.29 is 14.6 Å². The lowest BCUT2D eigenvalue weighted by Gasteiger charge is -2.28. The van der Waals surface area contributed by atoms with E-state index in [9.17, 15) is 5.11 Å². The van der Waals surface area contributed by atoms with Gasteiger partial charge in [-0.25, -0.2) is 0 Å². The maximum absolute atomic E-state index is 9.57. The molecule has 0 saturated carbocycles. The summed E-state index contributed by atoms with van der Waals surface area (Å²) in [6, 6.07) is 5.99. The van der Waals surface area contributed by atoms with E-state index in [-0.39, 0.29) is 6.29 Å². The van der Waals surface area contributed by atoms with E-state index >= 15 is 0 Å². The lowest BCUT2D eigenvalue weighted by atomic mass is 9.87. The van der Waals surface area contributed by atoms with Crippen molar-refractivity contribution in [3.05, 3.63) is 29.3 Å². The third-order valence-electron chi connectivity index (χ3n) is 3.68. The maximum atomic E-state index is 9.57. The topological polar surface area (TPSA) is 50.7 Å². The minimum absolute atomic E-state index is 0.188. The number of hydrogen-bond acceptors (Lipinski definition) is 4. The number of phenols is 1. The fourth-order valence-electron chi connectivity index (χ4n) is 2.79. The van der Waals surface area contributed by atoms with Crippen LogP contribution in [0.15, 0.2) is 18.2 Å². The fraction of sp³-hybridized carbons (Fsp3) is 0.625. The molecule has 0 amide bonds. The molecule has 4 nitrogen and oxygen atoms in total. The number of ether oxygens (including phenoxy) is 2. The molecule has 2 N–H and O–H groups in total. The molecule has 1 aliphatic rings. The van der Waals surface area contributed by atoms with Gasteiger partial charge < -0.3 is 19.9 Å². The number of aromatic hydroxyl groups is 1. The van der Waals surface area contributed by atoms with Crippen molar-refractivity contribution in [2.45, 2.75) is 45.4 Å². The Balaban J connectivity index is 1.97. The molecular formula is C16H25NO3. The van der Waals surface area contributed by atoms with E-state index in [1.807, 2.05) is 26.0 Å². The van der Waals surface area contributed by atoms with Gasteiger partial charge in [-0.1, -0.05) is 6.07 Å². The molecule has 1 aliphatic carbocycles. The number of rotatable bonds is 7. The van der Waals surface area contributed by atoms with Crippen LogP contribution in [0.1, 0.15) is 43.9 Å². The van der Waals surface area contributed by atoms with Crippen molar-refractivity contribution in [1.82, 2.24) is 5.32 Å². The molecule has 1 aromatic carbocycles. The molecule has 2 rings (SSSR count). The fourth-order valence-corrected chi connectivity index (χ4v) is 2.79. The zero-order valence-electron chi connectivity index (χ0n) is 12.4. The second kappa shape index (κ2) is 7.62. The van der Waals surface area contributed by atoms with Gasteiger partial charge in [0, 0.05) is 25.8 Å². The van der Waals surface area contributed by atoms with Crippen molar-refractivity contribution in [2.75, 3.05) is 19.8 Å². The Morgan fingerprint density at radius 2 is 2.05 bits per heavy atom. The highest BCUT2D eigenvalue weighted by Crippen LogP contribution is 2.31. The molecule has 4 heteroatoms. The van der Waals surface area contributed by atoms with Gasteiger partial charge in [-0.3, -0.25) is 0 Å². The number of hydrogen-bond donors (Lipinski definition) is 2. The van der Waals surface area contributed by atoms with Crippen LogP contribution in [0.25, 0.3) is 0 Å². The van der Waals surface area contributed by atoms with Gasteiger partial charge in [0.1, 0.15) is 5.75 Å². The van der Waals surface area contributed by atoms with Crippen LogP contribution in [-0.4, -0.2) is 31.2 Å². The molecular weight excluding hydrogens is 254 g/mol. The van der Waals surface area contributed by atoms with Crippen LogP contribution in [0.4, 0.5) is 0 Å². The Hall–Kier alpha value is -1.10. The molecule has 1 aromatic rings. The van der Waals surface area contributed by atoms with Crippen LogP contribution in [-0.2, 0) is 15.9 Å². The number of benzene rings is 1. The Bertz CT molecular complexity index is 416. The second-order valence-electron chi connectivity index (χ2n) is 5.08. The summed E-state index contributed by atoms with van der Waals surface area (Å²) in [7, 11) is 0. The van der Waals surface area contributed by atoms with Crippen molar-refractivity contribution in [3.8, 4) is 5.75 Å². The summed E-state index contributed by atoms with van der Waals surface area (Å²) < 4.78 is 11.1. The first kappa shape index (κ1) is 15.3. The zero-order chi connectivity index (χ0) is 14.4. The van der Waals surface area contributed by atoms with Gasteiger partial charge in [-0.05, 0) is 56.4 Å². The Morgan fingerprint density at radius 1 is 1.30 bits per heavy atom. The molecule has 0 aliphatic heterocycles. The molecule has 0 saturated heterocycles. The van der Waals surface area contributed by atoms with Gasteiger partial charge >= 0.3 is 0 Å². The van der Waals surface area contributed by atoms with Gasteiger partial charge in [-0.2, -0.15) is 0 Å². The standard InChI is InChI=1S/C16H25NO3/c1-3-19-16(20-4-2)11-17-15-7-5-6-12-10-13(18)8-9-14(12)15/h8-10,15-18H,3-7,11H2,1-2H3. The van der Waals surface area contributed by atoms with Gasteiger partial charge in [0.2, 0.25) is 0 Å². The lowest BCUT2D eigenvalue weighted by molar-refractivity contribution is -0.134. The second-order valence-corrected chi connectivity index (χ2v) is 5.08. The predicted molar refractivity (Wildman–Crippen MR) is 78.8 cm³/mol. The highest BCUT2D eigenvalue weighted by atomic mass is 16.7. The SMILES string of the molecule is CCOC(CNC1CCCc2cc(O)ccc21)OCC. The summed E-state index contributed by atoms with van der Waals surface area (Å²) in [5.74, 6) is 0.353. The van der Waals surface area contributed by atoms with Crippen molar-refractivity contribution in [3.63, 3.8) is 0 Å². The predicted octanol–water partition coefficient (Wildman–Crippen LogP) is 2.76. The van der Waals surface area contributed by atoms with Crippen LogP contribution >= 0.6 is 0 Å². The van der Waals surface area contributed by atoms with Crippen LogP contribution in [0.5, 0.6) is 5.75 Å². The molecule has 0 aromatic heterocycles. The molecule has 0 fully saturated rings. The number of nitrogens with one attached hydrogen (secondary N) is 1. The number of phenolic OH excluding ortho intramolecular Hbond substituents is 1. The smallest absolute Gasteiger partial charge is 0.169 e. The quantitative estimate of drug-likeness (QED) is 0.754. The first-order chi connectivity index (χ1) is 9.74. The van der Waals surface area contributed by atoms with E-state index in [0.29, 0.717) is 31.5 Å². The molecule has 0 heterocycles. The van der Waals surface area contributed by atoms with Gasteiger partial charge in [-0.15, -0.1) is 0 Å². The minimum Gasteiger partial charge on any atom is -0.508 e. The summed E-state index contributed by atoms with van der Waals surface area (Å²) in [4.78, 5) is 0. The average Bonchev–Trinajstić information content (AvgIpc) is 2.44. The first-order valence-corrected chi connectivity index (χ1v) is 7.53. The zero-order valence-corrected chi connectivity index (χ0v) is 12.4. The van der Waals surface area contributed by atoms with E-state index in [4.69, 9.17) is 9.47 Å². The normalized spacial score (nSPS) is 18.2. The first-order valence-electron chi connectivity index (χ1n) is 7.53. The van der Waals surface area contributed by atoms with E-state index in [0.717, 1.165) is 19.3 Å². The molecule has 1 atom stereocenters. The van der Waals surface area contributed by atoms with Crippen molar-refractivity contribution >= 4 is 0 Å². The summed E-state index contributed by atoms with van der Waals surface area (Å²) >= 11 is 0. The van der Waals surface area contributed by atoms with Crippen LogP contribution < -0.4 is 5.32 Å². The van der Waals surface area contributed by atoms with Gasteiger partial charge in [0.15, 0.2) is 6.29 Å². The van der Waals surface area contributed by atoms with Gasteiger partial charge in [0.25, 0.3) is 0 Å². The molecule has 112 valence electrons. The average molecular weight is 279 g/mol. The number of aryl methyl sites for hydroxylation is 1. The van der Waals surface area contributed by atoms with E-state index < -0.39 is 0 Å². The Kier molecular flexibility index (Phi) is 5.83. The summed E-state index contributed by atoms with van der Waals surface area (Å²) in [6.07, 6.45) is 3.11. The van der Waals surface area contributed by atoms with Crippen LogP contribution in [0.3, 0.4) is 0 Å².